The van der Waals surface area contributed by atoms with Crippen molar-refractivity contribution in [1.82, 2.24) is 10.7 Å². The predicted octanol–water partition coefficient (Wildman–Crippen LogP) is 3.84. The van der Waals surface area contributed by atoms with Crippen LogP contribution in [0.3, 0.4) is 0 Å². The first-order chi connectivity index (χ1) is 17.4. The number of halogens is 1. The number of hydrogen-bond acceptors (Lipinski definition) is 6. The summed E-state index contributed by atoms with van der Waals surface area (Å²) in [5.41, 5.74) is 3.89. The van der Waals surface area contributed by atoms with Gasteiger partial charge in [0.25, 0.3) is 11.8 Å². The van der Waals surface area contributed by atoms with Crippen molar-refractivity contribution in [2.24, 2.45) is 5.10 Å². The van der Waals surface area contributed by atoms with Crippen molar-refractivity contribution < 1.29 is 28.2 Å². The predicted molar refractivity (Wildman–Crippen MR) is 134 cm³/mol. The average molecular weight is 494 g/mol. The summed E-state index contributed by atoms with van der Waals surface area (Å²) in [5.74, 6) is 0.378. The van der Waals surface area contributed by atoms with Gasteiger partial charge in [-0.15, -0.1) is 0 Å². The zero-order valence-corrected chi connectivity index (χ0v) is 20.1. The van der Waals surface area contributed by atoms with Crippen LogP contribution in [0, 0.1) is 5.82 Å². The van der Waals surface area contributed by atoms with E-state index < -0.39 is 17.9 Å². The maximum absolute atomic E-state index is 13.1. The molecule has 0 spiro atoms. The molecule has 0 saturated heterocycles. The number of ether oxygens (including phenoxy) is 3. The highest BCUT2D eigenvalue weighted by Gasteiger charge is 2.15. The van der Waals surface area contributed by atoms with E-state index >= 15 is 0 Å². The van der Waals surface area contributed by atoms with E-state index in [2.05, 4.69) is 15.8 Å². The molecule has 0 aliphatic rings. The van der Waals surface area contributed by atoms with Gasteiger partial charge in [-0.3, -0.25) is 9.59 Å². The van der Waals surface area contributed by atoms with E-state index in [9.17, 15) is 14.0 Å². The molecule has 8 nitrogen and oxygen atoms in total. The molecule has 0 radical (unpaired) electrons. The normalized spacial score (nSPS) is 11.5. The van der Waals surface area contributed by atoms with Gasteiger partial charge in [0.2, 0.25) is 0 Å². The van der Waals surface area contributed by atoms with Gasteiger partial charge in [-0.2, -0.15) is 5.10 Å². The molecule has 0 aliphatic carbocycles. The second kappa shape index (κ2) is 13.5. The van der Waals surface area contributed by atoms with Gasteiger partial charge in [-0.1, -0.05) is 30.3 Å². The van der Waals surface area contributed by atoms with Gasteiger partial charge in [0.15, 0.2) is 18.1 Å². The fourth-order valence-corrected chi connectivity index (χ4v) is 3.02. The summed E-state index contributed by atoms with van der Waals surface area (Å²) in [6, 6.07) is 19.4. The quantitative estimate of drug-likeness (QED) is 0.295. The first-order valence-corrected chi connectivity index (χ1v) is 11.4. The van der Waals surface area contributed by atoms with Crippen LogP contribution in [-0.4, -0.2) is 37.3 Å². The fourth-order valence-electron chi connectivity index (χ4n) is 3.02. The number of nitrogens with zero attached hydrogens (tertiary/aromatic N) is 1. The van der Waals surface area contributed by atoms with Crippen LogP contribution in [0.1, 0.15) is 25.0 Å². The van der Waals surface area contributed by atoms with Crippen LogP contribution < -0.4 is 25.0 Å². The minimum Gasteiger partial charge on any atom is -0.490 e. The van der Waals surface area contributed by atoms with Crippen LogP contribution >= 0.6 is 0 Å². The van der Waals surface area contributed by atoms with Gasteiger partial charge in [-0.05, 0) is 67.4 Å². The number of nitrogens with one attached hydrogen (secondary N) is 2. The molecule has 0 aromatic heterocycles. The van der Waals surface area contributed by atoms with E-state index in [0.29, 0.717) is 29.4 Å². The second-order valence-electron chi connectivity index (χ2n) is 7.68. The molecular formula is C27H28FN3O5. The van der Waals surface area contributed by atoms with Crippen molar-refractivity contribution in [2.45, 2.75) is 26.5 Å². The zero-order chi connectivity index (χ0) is 25.8. The molecule has 3 rings (SSSR count). The fraction of sp³-hybridized carbons (Fsp3) is 0.222. The van der Waals surface area contributed by atoms with Crippen LogP contribution in [0.5, 0.6) is 17.2 Å². The van der Waals surface area contributed by atoms with Crippen molar-refractivity contribution in [1.29, 1.82) is 0 Å². The smallest absolute Gasteiger partial charge is 0.262 e. The summed E-state index contributed by atoms with van der Waals surface area (Å²) in [7, 11) is 0. The number of carbonyl (C=O) groups excluding carboxylic acids is 2. The number of benzene rings is 3. The van der Waals surface area contributed by atoms with Gasteiger partial charge >= 0.3 is 0 Å². The SMILES string of the molecule is CCOc1cc(/C=N\NC(=O)[C@@H](C)NC(=O)COc2ccccc2)ccc1OCc1ccc(F)cc1. The van der Waals surface area contributed by atoms with Crippen molar-refractivity contribution in [3.8, 4) is 17.2 Å². The third kappa shape index (κ3) is 8.43. The van der Waals surface area contributed by atoms with E-state index in [1.54, 1.807) is 61.5 Å². The summed E-state index contributed by atoms with van der Waals surface area (Å²) in [5, 5.41) is 6.51. The highest BCUT2D eigenvalue weighted by molar-refractivity contribution is 5.89. The highest BCUT2D eigenvalue weighted by Crippen LogP contribution is 2.29. The van der Waals surface area contributed by atoms with Gasteiger partial charge in [0.1, 0.15) is 24.2 Å². The Morgan fingerprint density at radius 2 is 1.72 bits per heavy atom. The molecule has 9 heteroatoms. The van der Waals surface area contributed by atoms with Gasteiger partial charge in [0.05, 0.1) is 12.8 Å². The lowest BCUT2D eigenvalue weighted by Gasteiger charge is -2.13. The first-order valence-electron chi connectivity index (χ1n) is 11.4. The molecule has 0 fully saturated rings. The molecule has 188 valence electrons. The standard InChI is InChI=1S/C27H28FN3O5/c1-3-34-25-15-21(11-14-24(25)36-17-20-9-12-22(28)13-10-20)16-29-31-27(33)19(2)30-26(32)18-35-23-7-5-4-6-8-23/h4-16,19H,3,17-18H2,1-2H3,(H,30,32)(H,31,33)/b29-16-/t19-/m1/s1. The van der Waals surface area contributed by atoms with E-state index in [-0.39, 0.29) is 19.0 Å². The topological polar surface area (TPSA) is 98.2 Å². The molecule has 0 heterocycles. The monoisotopic (exact) mass is 493 g/mol. The number of rotatable bonds is 12. The lowest BCUT2D eigenvalue weighted by Crippen LogP contribution is -2.45. The minimum atomic E-state index is -0.810. The summed E-state index contributed by atoms with van der Waals surface area (Å²) >= 11 is 0. The molecule has 0 unspecified atom stereocenters. The lowest BCUT2D eigenvalue weighted by molar-refractivity contribution is -0.129. The average Bonchev–Trinajstić information content (AvgIpc) is 2.88. The van der Waals surface area contributed by atoms with E-state index in [1.807, 2.05) is 13.0 Å². The van der Waals surface area contributed by atoms with E-state index in [4.69, 9.17) is 14.2 Å². The van der Waals surface area contributed by atoms with Gasteiger partial charge in [-0.25, -0.2) is 9.82 Å². The summed E-state index contributed by atoms with van der Waals surface area (Å²) in [6.45, 7) is 3.87. The number of hydrogen-bond donors (Lipinski definition) is 2. The maximum atomic E-state index is 13.1. The molecule has 1 atom stereocenters. The highest BCUT2D eigenvalue weighted by atomic mass is 19.1. The van der Waals surface area contributed by atoms with Gasteiger partial charge in [0, 0.05) is 0 Å². The molecule has 2 amide bonds. The van der Waals surface area contributed by atoms with Crippen LogP contribution in [0.2, 0.25) is 0 Å². The van der Waals surface area contributed by atoms with Gasteiger partial charge < -0.3 is 19.5 Å². The third-order valence-corrected chi connectivity index (χ3v) is 4.85. The van der Waals surface area contributed by atoms with Crippen molar-refractivity contribution >= 4 is 18.0 Å². The zero-order valence-electron chi connectivity index (χ0n) is 20.1. The van der Waals surface area contributed by atoms with Crippen molar-refractivity contribution in [2.75, 3.05) is 13.2 Å². The Morgan fingerprint density at radius 3 is 2.44 bits per heavy atom. The molecule has 0 aliphatic heterocycles. The number of carbonyl (C=O) groups is 2. The van der Waals surface area contributed by atoms with Crippen LogP contribution in [-0.2, 0) is 16.2 Å². The Morgan fingerprint density at radius 1 is 0.972 bits per heavy atom. The van der Waals surface area contributed by atoms with Crippen LogP contribution in [0.15, 0.2) is 77.9 Å². The third-order valence-electron chi connectivity index (χ3n) is 4.85. The van der Waals surface area contributed by atoms with E-state index in [0.717, 1.165) is 5.56 Å². The Hall–Kier alpha value is -4.40. The van der Waals surface area contributed by atoms with Crippen LogP contribution in [0.25, 0.3) is 0 Å². The largest absolute Gasteiger partial charge is 0.490 e. The molecule has 0 saturated carbocycles. The van der Waals surface area contributed by atoms with E-state index in [1.165, 1.54) is 18.3 Å². The number of hydrazone groups is 1. The molecule has 3 aromatic carbocycles. The molecule has 3 aromatic rings. The Bertz CT molecular complexity index is 1170. The molecule has 0 bridgehead atoms. The first kappa shape index (κ1) is 26.2. The number of amides is 2. The van der Waals surface area contributed by atoms with Crippen LogP contribution in [0.4, 0.5) is 4.39 Å². The Balaban J connectivity index is 1.49. The second-order valence-corrected chi connectivity index (χ2v) is 7.68. The van der Waals surface area contributed by atoms with Crippen molar-refractivity contribution in [3.05, 3.63) is 89.7 Å². The number of para-hydroxylation sites is 1. The summed E-state index contributed by atoms with van der Waals surface area (Å²) in [6.07, 6.45) is 1.46. The minimum absolute atomic E-state index is 0.208. The maximum Gasteiger partial charge on any atom is 0.262 e. The summed E-state index contributed by atoms with van der Waals surface area (Å²) < 4.78 is 29.9. The van der Waals surface area contributed by atoms with Crippen molar-refractivity contribution in [3.63, 3.8) is 0 Å². The molecule has 2 N–H and O–H groups in total. The Kier molecular flexibility index (Phi) is 9.81. The molecule has 36 heavy (non-hydrogen) atoms. The molecular weight excluding hydrogens is 465 g/mol. The summed E-state index contributed by atoms with van der Waals surface area (Å²) in [4.78, 5) is 24.3. The Labute approximate surface area is 209 Å². The lowest BCUT2D eigenvalue weighted by atomic mass is 10.2.